The lowest BCUT2D eigenvalue weighted by atomic mass is 9.96. The summed E-state index contributed by atoms with van der Waals surface area (Å²) in [5.41, 5.74) is 5.16. The summed E-state index contributed by atoms with van der Waals surface area (Å²) in [6.07, 6.45) is -8.06. The molecule has 0 aromatic carbocycles. The van der Waals surface area contributed by atoms with E-state index in [9.17, 15) is 44.1 Å². The zero-order chi connectivity index (χ0) is 29.2. The molecule has 1 aliphatic heterocycles. The normalized spacial score (nSPS) is 25.3. The number of primary amides is 1. The summed E-state index contributed by atoms with van der Waals surface area (Å²) >= 11 is 0. The molecule has 17 heteroatoms. The van der Waals surface area contributed by atoms with Gasteiger partial charge in [-0.15, -0.1) is 0 Å². The number of amides is 5. The number of carboxylic acid groups (broad SMARTS) is 1. The number of ether oxygens (including phenoxy) is 2. The smallest absolute Gasteiger partial charge is 0.303 e. The number of aliphatic carboxylic acids is 1. The molecule has 0 unspecified atom stereocenters. The van der Waals surface area contributed by atoms with Crippen LogP contribution in [0.1, 0.15) is 33.6 Å². The second kappa shape index (κ2) is 15.1. The fraction of sp³-hybridized carbons (Fsp3) is 0.714. The number of hydrogen-bond donors (Lipinski definition) is 9. The topological polar surface area (TPSA) is 276 Å². The van der Waals surface area contributed by atoms with Crippen molar-refractivity contribution >= 4 is 35.5 Å². The number of carboxylic acids is 1. The summed E-state index contributed by atoms with van der Waals surface area (Å²) in [7, 11) is 0. The van der Waals surface area contributed by atoms with Crippen LogP contribution in [0.4, 0.5) is 0 Å². The first-order valence-electron chi connectivity index (χ1n) is 11.6. The van der Waals surface area contributed by atoms with E-state index in [1.54, 1.807) is 0 Å². The van der Waals surface area contributed by atoms with E-state index in [1.807, 2.05) is 0 Å². The summed E-state index contributed by atoms with van der Waals surface area (Å²) in [5.74, 6) is -5.31. The van der Waals surface area contributed by atoms with Crippen molar-refractivity contribution in [1.82, 2.24) is 21.3 Å². The number of rotatable bonds is 14. The van der Waals surface area contributed by atoms with Gasteiger partial charge in [-0.2, -0.15) is 0 Å². The number of carbonyl (C=O) groups is 6. The number of aliphatic hydroxyl groups is 3. The van der Waals surface area contributed by atoms with E-state index < -0.39 is 97.4 Å². The van der Waals surface area contributed by atoms with Crippen molar-refractivity contribution in [2.45, 2.75) is 82.4 Å². The van der Waals surface area contributed by atoms with Gasteiger partial charge in [-0.1, -0.05) is 0 Å². The maximum Gasteiger partial charge on any atom is 0.303 e. The lowest BCUT2D eigenvalue weighted by Crippen LogP contribution is -2.66. The van der Waals surface area contributed by atoms with E-state index in [1.165, 1.54) is 13.8 Å². The first-order chi connectivity index (χ1) is 17.7. The van der Waals surface area contributed by atoms with Gasteiger partial charge in [0.15, 0.2) is 6.29 Å². The molecule has 1 fully saturated rings. The average molecular weight is 550 g/mol. The first kappa shape index (κ1) is 32.6. The van der Waals surface area contributed by atoms with Gasteiger partial charge in [0.05, 0.1) is 6.61 Å². The Morgan fingerprint density at radius 2 is 1.61 bits per heavy atom. The summed E-state index contributed by atoms with van der Waals surface area (Å²) < 4.78 is 10.9. The highest BCUT2D eigenvalue weighted by Gasteiger charge is 2.47. The van der Waals surface area contributed by atoms with E-state index in [2.05, 4.69) is 21.3 Å². The zero-order valence-electron chi connectivity index (χ0n) is 21.1. The monoisotopic (exact) mass is 549 g/mol. The third kappa shape index (κ3) is 10.2. The van der Waals surface area contributed by atoms with Crippen LogP contribution in [-0.2, 0) is 38.2 Å². The summed E-state index contributed by atoms with van der Waals surface area (Å²) in [6.45, 7) is 2.44. The maximum absolute atomic E-state index is 12.7. The van der Waals surface area contributed by atoms with Crippen LogP contribution in [0.3, 0.4) is 0 Å². The largest absolute Gasteiger partial charge is 0.481 e. The predicted molar refractivity (Wildman–Crippen MR) is 125 cm³/mol. The van der Waals surface area contributed by atoms with E-state index >= 15 is 0 Å². The molecule has 0 bridgehead atoms. The molecular weight excluding hydrogens is 514 g/mol. The minimum absolute atomic E-state index is 0.226. The predicted octanol–water partition coefficient (Wildman–Crippen LogP) is -5.21. The molecule has 1 saturated heterocycles. The lowest BCUT2D eigenvalue weighted by molar-refractivity contribution is -0.259. The molecule has 1 heterocycles. The summed E-state index contributed by atoms with van der Waals surface area (Å²) in [5, 5.41) is 48.5. The van der Waals surface area contributed by atoms with Crippen LogP contribution in [0.25, 0.3) is 0 Å². The Labute approximate surface area is 217 Å². The van der Waals surface area contributed by atoms with Gasteiger partial charge in [-0.05, 0) is 13.3 Å². The first-order valence-corrected chi connectivity index (χ1v) is 11.6. The molecule has 5 amide bonds. The van der Waals surface area contributed by atoms with Crippen molar-refractivity contribution in [2.24, 2.45) is 5.73 Å². The number of aliphatic hydroxyl groups excluding tert-OH is 3. The summed E-state index contributed by atoms with van der Waals surface area (Å²) in [4.78, 5) is 70.3. The minimum Gasteiger partial charge on any atom is -0.481 e. The minimum atomic E-state index is -1.69. The highest BCUT2D eigenvalue weighted by atomic mass is 16.6. The van der Waals surface area contributed by atoms with Crippen LogP contribution in [0.5, 0.6) is 0 Å². The van der Waals surface area contributed by atoms with Crippen LogP contribution in [0.15, 0.2) is 0 Å². The molecule has 10 N–H and O–H groups in total. The third-order valence-electron chi connectivity index (χ3n) is 5.47. The molecule has 8 atom stereocenters. The molecule has 1 rings (SSSR count). The van der Waals surface area contributed by atoms with Crippen molar-refractivity contribution in [3.63, 3.8) is 0 Å². The Morgan fingerprint density at radius 3 is 2.11 bits per heavy atom. The van der Waals surface area contributed by atoms with Gasteiger partial charge in [0.25, 0.3) is 0 Å². The van der Waals surface area contributed by atoms with E-state index in [4.69, 9.17) is 20.3 Å². The van der Waals surface area contributed by atoms with Crippen LogP contribution < -0.4 is 27.0 Å². The molecule has 0 aliphatic carbocycles. The van der Waals surface area contributed by atoms with Gasteiger partial charge >= 0.3 is 5.97 Å². The van der Waals surface area contributed by atoms with Crippen molar-refractivity contribution in [3.8, 4) is 0 Å². The number of carbonyl (C=O) groups excluding carboxylic acids is 5. The van der Waals surface area contributed by atoms with Crippen LogP contribution in [0, 0.1) is 0 Å². The molecule has 216 valence electrons. The van der Waals surface area contributed by atoms with Gasteiger partial charge < -0.3 is 56.9 Å². The van der Waals surface area contributed by atoms with Crippen molar-refractivity contribution in [2.75, 3.05) is 13.2 Å². The van der Waals surface area contributed by atoms with Crippen molar-refractivity contribution in [3.05, 3.63) is 0 Å². The van der Waals surface area contributed by atoms with Crippen molar-refractivity contribution in [1.29, 1.82) is 0 Å². The molecule has 0 aromatic heterocycles. The van der Waals surface area contributed by atoms with Gasteiger partial charge in [0.2, 0.25) is 29.5 Å². The second-order valence-electron chi connectivity index (χ2n) is 8.60. The van der Waals surface area contributed by atoms with Gasteiger partial charge in [0.1, 0.15) is 42.5 Å². The van der Waals surface area contributed by atoms with Crippen molar-refractivity contribution < 1.29 is 58.7 Å². The number of nitrogens with two attached hydrogens (primary N) is 1. The van der Waals surface area contributed by atoms with Gasteiger partial charge in [0, 0.05) is 26.8 Å². The van der Waals surface area contributed by atoms with Crippen LogP contribution >= 0.6 is 0 Å². The maximum atomic E-state index is 12.7. The Balaban J connectivity index is 2.94. The van der Waals surface area contributed by atoms with Crippen LogP contribution in [-0.4, -0.2) is 118 Å². The summed E-state index contributed by atoms with van der Waals surface area (Å²) in [6, 6.07) is -4.30. The second-order valence-corrected chi connectivity index (χ2v) is 8.60. The average Bonchev–Trinajstić information content (AvgIpc) is 2.82. The van der Waals surface area contributed by atoms with Gasteiger partial charge in [-0.25, -0.2) is 0 Å². The highest BCUT2D eigenvalue weighted by molar-refractivity contribution is 5.92. The molecule has 17 nitrogen and oxygen atoms in total. The van der Waals surface area contributed by atoms with E-state index in [0.29, 0.717) is 0 Å². The molecular formula is C21H35N5O12. The number of nitrogens with one attached hydrogen (secondary N) is 4. The molecule has 0 radical (unpaired) electrons. The highest BCUT2D eigenvalue weighted by Crippen LogP contribution is 2.24. The Kier molecular flexibility index (Phi) is 13.0. The van der Waals surface area contributed by atoms with E-state index in [-0.39, 0.29) is 13.0 Å². The third-order valence-corrected chi connectivity index (χ3v) is 5.47. The quantitative estimate of drug-likeness (QED) is 0.0983. The van der Waals surface area contributed by atoms with Crippen LogP contribution in [0.2, 0.25) is 0 Å². The Morgan fingerprint density at radius 1 is 1.00 bits per heavy atom. The SMILES string of the molecule is CC(=O)NC[C@H]1O[C@@H](O)[C@H](NC(C)=O)[C@@H](O[C@H](C)C(=O)N[C@@H](CO)C(=O)N[C@H](CCC(=O)O)C(N)=O)[C@@H]1O. The van der Waals surface area contributed by atoms with E-state index in [0.717, 1.165) is 6.92 Å². The molecule has 0 saturated carbocycles. The molecule has 38 heavy (non-hydrogen) atoms. The fourth-order valence-corrected chi connectivity index (χ4v) is 3.50. The lowest BCUT2D eigenvalue weighted by Gasteiger charge is -2.43. The van der Waals surface area contributed by atoms with Gasteiger partial charge in [-0.3, -0.25) is 28.8 Å². The Hall–Kier alpha value is -3.38. The molecule has 1 aliphatic rings. The number of hydrogen-bond acceptors (Lipinski definition) is 11. The fourth-order valence-electron chi connectivity index (χ4n) is 3.50. The molecule has 0 aromatic rings. The molecule has 0 spiro atoms. The zero-order valence-corrected chi connectivity index (χ0v) is 21.1. The standard InChI is InChI=1S/C21H35N5O12/c1-8(19(34)26-12(7-27)20(35)25-11(18(22)33)4-5-14(30)31)37-17-15(24-10(3)29)21(36)38-13(16(17)32)6-23-9(2)28/h8,11-13,15-17,21,27,32,36H,4-7H2,1-3H3,(H2,22,33)(H,23,28)(H,24,29)(H,25,35)(H,26,34)(H,30,31)/t8-,11-,12+,13-,15-,16-,17-,21-/m1/s1. The Bertz CT molecular complexity index is 887.